The first-order valence-electron chi connectivity index (χ1n) is 24.8. The third-order valence-corrected chi connectivity index (χ3v) is 14.0. The molecular formula is C62H44N6O. The van der Waals surface area contributed by atoms with Crippen molar-refractivity contribution in [2.75, 3.05) is 23.4 Å². The van der Waals surface area contributed by atoms with Crippen molar-refractivity contribution in [2.24, 2.45) is 0 Å². The number of aryl methyl sites for hydroxylation is 1. The van der Waals surface area contributed by atoms with Gasteiger partial charge in [-0.2, -0.15) is 0 Å². The Labute approximate surface area is 402 Å². The van der Waals surface area contributed by atoms with Crippen LogP contribution in [0.1, 0.15) is 9.68 Å². The van der Waals surface area contributed by atoms with Crippen LogP contribution < -0.4 is 14.5 Å². The summed E-state index contributed by atoms with van der Waals surface area (Å²) in [6.45, 7) is 0.114. The summed E-state index contributed by atoms with van der Waals surface area (Å²) >= 11 is 0. The van der Waals surface area contributed by atoms with E-state index in [1.807, 2.05) is 59.5 Å². The molecule has 0 unspecified atom stereocenters. The number of hydrogen-bond acceptors (Lipinski definition) is 4. The molecule has 1 aliphatic rings. The van der Waals surface area contributed by atoms with E-state index in [1.165, 1.54) is 26.4 Å². The van der Waals surface area contributed by atoms with Gasteiger partial charge in [0.05, 0.1) is 62.5 Å². The molecule has 13 aromatic rings. The quantitative estimate of drug-likeness (QED) is 0.160. The van der Waals surface area contributed by atoms with Crippen molar-refractivity contribution < 1.29 is 8.85 Å². The molecule has 328 valence electrons. The van der Waals surface area contributed by atoms with Crippen molar-refractivity contribution in [3.05, 3.63) is 224 Å². The molecule has 7 heteroatoms. The first-order chi connectivity index (χ1) is 35.3. The summed E-state index contributed by atoms with van der Waals surface area (Å²) in [5.41, 5.74) is 14.2. The highest BCUT2D eigenvalue weighted by Crippen LogP contribution is 2.45. The molecule has 1 aliphatic heterocycles. The Morgan fingerprint density at radius 1 is 0.435 bits per heavy atom. The van der Waals surface area contributed by atoms with E-state index in [9.17, 15) is 0 Å². The van der Waals surface area contributed by atoms with Crippen LogP contribution >= 0.6 is 0 Å². The summed E-state index contributed by atoms with van der Waals surface area (Å²) in [7, 11) is 0. The summed E-state index contributed by atoms with van der Waals surface area (Å²) in [4.78, 5) is 8.89. The van der Waals surface area contributed by atoms with Crippen molar-refractivity contribution >= 4 is 82.5 Å². The Balaban J connectivity index is 0.924. The number of nitrogens with zero attached hydrogens (tertiary/aromatic N) is 6. The largest absolute Gasteiger partial charge is 0.457 e. The van der Waals surface area contributed by atoms with Crippen molar-refractivity contribution in [1.29, 1.82) is 0 Å². The fourth-order valence-electron chi connectivity index (χ4n) is 11.0. The lowest BCUT2D eigenvalue weighted by Crippen LogP contribution is -2.23. The van der Waals surface area contributed by atoms with Crippen molar-refractivity contribution in [3.8, 4) is 39.8 Å². The van der Waals surface area contributed by atoms with Crippen LogP contribution in [-0.4, -0.2) is 32.3 Å². The van der Waals surface area contributed by atoms with Crippen LogP contribution in [0.5, 0.6) is 11.5 Å². The Hall–Kier alpha value is -9.07. The minimum absolute atomic E-state index is 0.198. The molecule has 5 heterocycles. The molecule has 7 nitrogen and oxygen atoms in total. The monoisotopic (exact) mass is 891 g/mol. The second-order valence-corrected chi connectivity index (χ2v) is 17.9. The van der Waals surface area contributed by atoms with E-state index in [0.717, 1.165) is 89.1 Å². The average molecular weight is 892 g/mol. The number of fused-ring (bicyclic) bond motifs is 10. The zero-order chi connectivity index (χ0) is 48.2. The SMILES string of the molecule is [2H]C([2H])([2H])N1CN(c2cccc(Oc3ccc4c5ccccc5n(-c5cc(C)c(-c6c(-n7c8ccccc8c8ccccc87)cccc6-n6c7ccccc7c7ccccc76)cn5)c4c3)c2)c2ccccc21. The summed E-state index contributed by atoms with van der Waals surface area (Å²) in [5.74, 6) is 2.10. The van der Waals surface area contributed by atoms with Crippen LogP contribution in [0.3, 0.4) is 0 Å². The Morgan fingerprint density at radius 3 is 1.48 bits per heavy atom. The van der Waals surface area contributed by atoms with Crippen molar-refractivity contribution in [3.63, 3.8) is 0 Å². The number of rotatable bonds is 7. The summed E-state index contributed by atoms with van der Waals surface area (Å²) in [6, 6.07) is 73.8. The standard InChI is InChI=1S/C62H44N6O/c1-40-35-61(68-55-28-12-7-23-48(55)49-34-33-43(37-60(49)68)69-42-18-15-17-41(36-42)65-39-64(2)56-29-13-14-30-57(56)65)63-38-50(40)62-58(66-51-24-8-3-19-44(51)45-20-4-9-25-52(45)66)31-16-32-59(62)67-53-26-10-5-21-46(53)47-22-6-11-27-54(47)67/h3-38H,39H2,1-2H3/i2D3. The highest BCUT2D eigenvalue weighted by molar-refractivity contribution is 6.13. The molecule has 0 aliphatic carbocycles. The van der Waals surface area contributed by atoms with Gasteiger partial charge >= 0.3 is 0 Å². The van der Waals surface area contributed by atoms with Gasteiger partial charge in [0.2, 0.25) is 0 Å². The van der Waals surface area contributed by atoms with Gasteiger partial charge in [-0.05, 0) is 97.4 Å². The number of aromatic nitrogens is 4. The molecule has 0 spiro atoms. The van der Waals surface area contributed by atoms with Gasteiger partial charge in [-0.3, -0.25) is 4.57 Å². The average Bonchev–Trinajstić information content (AvgIpc) is 4.16. The Morgan fingerprint density at radius 2 is 0.913 bits per heavy atom. The van der Waals surface area contributed by atoms with Crippen LogP contribution in [0.25, 0.3) is 93.7 Å². The highest BCUT2D eigenvalue weighted by atomic mass is 16.5. The second-order valence-electron chi connectivity index (χ2n) is 17.9. The van der Waals surface area contributed by atoms with E-state index in [1.54, 1.807) is 0 Å². The Kier molecular flexibility index (Phi) is 7.97. The van der Waals surface area contributed by atoms with Crippen LogP contribution in [0, 0.1) is 6.92 Å². The summed E-state index contributed by atoms with van der Waals surface area (Å²) in [5, 5.41) is 7.00. The first-order valence-corrected chi connectivity index (χ1v) is 23.3. The van der Waals surface area contributed by atoms with E-state index in [0.29, 0.717) is 17.2 Å². The van der Waals surface area contributed by atoms with Crippen LogP contribution in [0.4, 0.5) is 17.1 Å². The maximum atomic E-state index is 8.22. The lowest BCUT2D eigenvalue weighted by Gasteiger charge is -2.21. The molecular weight excluding hydrogens is 845 g/mol. The number of pyridine rings is 1. The van der Waals surface area contributed by atoms with E-state index in [4.69, 9.17) is 13.8 Å². The number of hydrogen-bond donors (Lipinski definition) is 0. The van der Waals surface area contributed by atoms with E-state index >= 15 is 0 Å². The molecule has 14 rings (SSSR count). The van der Waals surface area contributed by atoms with Gasteiger partial charge in [0, 0.05) is 78.5 Å². The number of benzene rings is 9. The molecule has 9 aromatic carbocycles. The maximum Gasteiger partial charge on any atom is 0.137 e. The third-order valence-electron chi connectivity index (χ3n) is 14.0. The molecule has 0 N–H and O–H groups in total. The zero-order valence-corrected chi connectivity index (χ0v) is 37.6. The maximum absolute atomic E-state index is 8.22. The summed E-state index contributed by atoms with van der Waals surface area (Å²) < 4.78 is 38.4. The number of para-hydroxylation sites is 7. The van der Waals surface area contributed by atoms with Gasteiger partial charge in [-0.25, -0.2) is 4.98 Å². The van der Waals surface area contributed by atoms with Crippen LogP contribution in [0.15, 0.2) is 219 Å². The lowest BCUT2D eigenvalue weighted by atomic mass is 9.98. The molecule has 0 amide bonds. The smallest absolute Gasteiger partial charge is 0.137 e. The fraction of sp³-hybridized carbons (Fsp3) is 0.0484. The molecule has 0 bridgehead atoms. The molecule has 0 radical (unpaired) electrons. The van der Waals surface area contributed by atoms with Gasteiger partial charge in [0.1, 0.15) is 17.3 Å². The van der Waals surface area contributed by atoms with Gasteiger partial charge in [0.25, 0.3) is 0 Å². The third kappa shape index (κ3) is 5.97. The van der Waals surface area contributed by atoms with Gasteiger partial charge in [0.15, 0.2) is 0 Å². The molecule has 0 fully saturated rings. The van der Waals surface area contributed by atoms with E-state index in [2.05, 4.69) is 185 Å². The lowest BCUT2D eigenvalue weighted by molar-refractivity contribution is 0.483. The topological polar surface area (TPSA) is 43.4 Å². The highest BCUT2D eigenvalue weighted by Gasteiger charge is 2.26. The van der Waals surface area contributed by atoms with Gasteiger partial charge in [-0.15, -0.1) is 0 Å². The molecule has 0 saturated carbocycles. The predicted molar refractivity (Wildman–Crippen MR) is 286 cm³/mol. The first kappa shape index (κ1) is 36.1. The van der Waals surface area contributed by atoms with E-state index < -0.39 is 6.98 Å². The molecule has 0 atom stereocenters. The number of anilines is 3. The predicted octanol–water partition coefficient (Wildman–Crippen LogP) is 15.7. The normalized spacial score (nSPS) is 13.5. The van der Waals surface area contributed by atoms with Crippen LogP contribution in [-0.2, 0) is 0 Å². The fourth-order valence-corrected chi connectivity index (χ4v) is 11.0. The van der Waals surface area contributed by atoms with Gasteiger partial charge < -0.3 is 23.7 Å². The Bertz CT molecular complexity index is 4100. The van der Waals surface area contributed by atoms with E-state index in [-0.39, 0.29) is 6.67 Å². The van der Waals surface area contributed by atoms with Gasteiger partial charge in [-0.1, -0.05) is 115 Å². The molecule has 4 aromatic heterocycles. The minimum Gasteiger partial charge on any atom is -0.457 e. The molecule has 0 saturated heterocycles. The zero-order valence-electron chi connectivity index (χ0n) is 40.6. The minimum atomic E-state index is -2.28. The second kappa shape index (κ2) is 15.2. The summed E-state index contributed by atoms with van der Waals surface area (Å²) in [6.07, 6.45) is 2.06. The number of ether oxygens (including phenoxy) is 1. The van der Waals surface area contributed by atoms with Crippen LogP contribution in [0.2, 0.25) is 0 Å². The van der Waals surface area contributed by atoms with Crippen molar-refractivity contribution in [1.82, 2.24) is 18.7 Å². The van der Waals surface area contributed by atoms with Crippen molar-refractivity contribution in [2.45, 2.75) is 6.92 Å². The molecule has 69 heavy (non-hydrogen) atoms.